The van der Waals surface area contributed by atoms with E-state index in [0.29, 0.717) is 55.3 Å². The number of rotatable bonds is 14. The van der Waals surface area contributed by atoms with Crippen molar-refractivity contribution in [1.29, 1.82) is 0 Å². The lowest BCUT2D eigenvalue weighted by molar-refractivity contribution is 0.341. The molecule has 0 amide bonds. The molecular formula is C34H46N6O5S. The SMILES string of the molecule is CCCCCCC(CC)c1nc(C)c2c(=O)[nH]c(-c3cc(S(=O)(=O)N4CCN(c5ccc(OC)cc5)CC4)ccc3OCC)nn12. The summed E-state index contributed by atoms with van der Waals surface area (Å²) in [4.78, 5) is 23.4. The summed E-state index contributed by atoms with van der Waals surface area (Å²) in [5.41, 5.74) is 2.13. The van der Waals surface area contributed by atoms with Gasteiger partial charge in [0.05, 0.1) is 29.9 Å². The van der Waals surface area contributed by atoms with Gasteiger partial charge in [-0.15, -0.1) is 5.10 Å². The summed E-state index contributed by atoms with van der Waals surface area (Å²) in [7, 11) is -2.21. The van der Waals surface area contributed by atoms with E-state index in [1.54, 1.807) is 29.8 Å². The minimum absolute atomic E-state index is 0.121. The summed E-state index contributed by atoms with van der Waals surface area (Å²) in [6.07, 6.45) is 6.43. The molecule has 2 aromatic carbocycles. The fourth-order valence-electron chi connectivity index (χ4n) is 6.18. The van der Waals surface area contributed by atoms with E-state index in [-0.39, 0.29) is 22.2 Å². The molecule has 1 unspecified atom stereocenters. The van der Waals surface area contributed by atoms with Gasteiger partial charge in [-0.1, -0.05) is 39.5 Å². The number of aryl methyl sites for hydroxylation is 1. The van der Waals surface area contributed by atoms with Crippen molar-refractivity contribution in [2.75, 3.05) is 44.8 Å². The molecule has 46 heavy (non-hydrogen) atoms. The lowest BCUT2D eigenvalue weighted by Crippen LogP contribution is -2.48. The lowest BCUT2D eigenvalue weighted by atomic mass is 9.97. The van der Waals surface area contributed by atoms with Gasteiger partial charge in [0.2, 0.25) is 10.0 Å². The third-order valence-corrected chi connectivity index (χ3v) is 10.7. The summed E-state index contributed by atoms with van der Waals surface area (Å²) in [6, 6.07) is 12.5. The van der Waals surface area contributed by atoms with Gasteiger partial charge in [-0.25, -0.2) is 17.9 Å². The Bertz CT molecular complexity index is 1790. The van der Waals surface area contributed by atoms with Crippen LogP contribution in [0.15, 0.2) is 52.2 Å². The zero-order valence-corrected chi connectivity index (χ0v) is 28.4. The highest BCUT2D eigenvalue weighted by Gasteiger charge is 2.30. The predicted molar refractivity (Wildman–Crippen MR) is 181 cm³/mol. The molecule has 1 aliphatic heterocycles. The standard InChI is InChI=1S/C34H46N6O5S/c1-6-9-10-11-12-25(7-2)33-35-24(4)31-34(41)36-32(37-40(31)33)29-23-28(17-18-30(29)45-8-3)46(42,43)39-21-19-38(20-22-39)26-13-15-27(44-5)16-14-26/h13-18,23,25H,6-12,19-22H2,1-5H3,(H,36,37,41). The lowest BCUT2D eigenvalue weighted by Gasteiger charge is -2.35. The smallest absolute Gasteiger partial charge is 0.277 e. The second kappa shape index (κ2) is 14.7. The fourth-order valence-corrected chi connectivity index (χ4v) is 7.63. The van der Waals surface area contributed by atoms with Crippen molar-refractivity contribution in [3.8, 4) is 22.9 Å². The van der Waals surface area contributed by atoms with Crippen LogP contribution in [0.3, 0.4) is 0 Å². The van der Waals surface area contributed by atoms with Crippen LogP contribution in [-0.4, -0.2) is 72.2 Å². The molecule has 0 bridgehead atoms. The average Bonchev–Trinajstić information content (AvgIpc) is 3.41. The number of hydrogen-bond acceptors (Lipinski definition) is 8. The van der Waals surface area contributed by atoms with Crippen molar-refractivity contribution < 1.29 is 17.9 Å². The molecule has 1 saturated heterocycles. The van der Waals surface area contributed by atoms with Crippen LogP contribution in [-0.2, 0) is 10.0 Å². The van der Waals surface area contributed by atoms with Crippen molar-refractivity contribution in [2.24, 2.45) is 0 Å². The van der Waals surface area contributed by atoms with Gasteiger partial charge in [0.1, 0.15) is 17.3 Å². The molecule has 0 spiro atoms. The number of nitrogens with zero attached hydrogens (tertiary/aromatic N) is 5. The Labute approximate surface area is 271 Å². The van der Waals surface area contributed by atoms with E-state index >= 15 is 0 Å². The van der Waals surface area contributed by atoms with E-state index < -0.39 is 10.0 Å². The summed E-state index contributed by atoms with van der Waals surface area (Å²) in [5.74, 6) is 2.36. The first-order valence-electron chi connectivity index (χ1n) is 16.4. The van der Waals surface area contributed by atoms with Crippen LogP contribution < -0.4 is 19.9 Å². The van der Waals surface area contributed by atoms with Crippen molar-refractivity contribution in [3.05, 3.63) is 64.3 Å². The second-order valence-corrected chi connectivity index (χ2v) is 13.7. The number of unbranched alkanes of at least 4 members (excludes halogenated alkanes) is 3. The number of ether oxygens (including phenoxy) is 2. The first kappa shape index (κ1) is 33.5. The van der Waals surface area contributed by atoms with Crippen LogP contribution in [0.1, 0.15) is 76.7 Å². The van der Waals surface area contributed by atoms with Crippen molar-refractivity contribution in [3.63, 3.8) is 0 Å². The molecule has 0 saturated carbocycles. The number of fused-ring (bicyclic) bond motifs is 1. The normalized spacial score (nSPS) is 14.9. The van der Waals surface area contributed by atoms with E-state index in [9.17, 15) is 13.2 Å². The highest BCUT2D eigenvalue weighted by atomic mass is 32.2. The molecule has 5 rings (SSSR count). The highest BCUT2D eigenvalue weighted by Crippen LogP contribution is 2.33. The number of aromatic amines is 1. The van der Waals surface area contributed by atoms with Crippen molar-refractivity contribution in [2.45, 2.75) is 77.0 Å². The monoisotopic (exact) mass is 650 g/mol. The zero-order chi connectivity index (χ0) is 32.8. The molecule has 1 N–H and O–H groups in total. The number of benzene rings is 2. The van der Waals surface area contributed by atoms with Crippen LogP contribution in [0.5, 0.6) is 11.5 Å². The quantitative estimate of drug-likeness (QED) is 0.171. The van der Waals surface area contributed by atoms with Gasteiger partial charge in [0, 0.05) is 37.8 Å². The Morgan fingerprint density at radius 3 is 2.37 bits per heavy atom. The summed E-state index contributed by atoms with van der Waals surface area (Å²) >= 11 is 0. The van der Waals surface area contributed by atoms with Gasteiger partial charge >= 0.3 is 0 Å². The molecule has 4 aromatic rings. The molecule has 1 fully saturated rings. The van der Waals surface area contributed by atoms with Gasteiger partial charge in [-0.3, -0.25) is 4.79 Å². The highest BCUT2D eigenvalue weighted by molar-refractivity contribution is 7.89. The molecule has 248 valence electrons. The van der Waals surface area contributed by atoms with Crippen LogP contribution in [0, 0.1) is 6.92 Å². The maximum Gasteiger partial charge on any atom is 0.277 e. The molecular weight excluding hydrogens is 604 g/mol. The summed E-state index contributed by atoms with van der Waals surface area (Å²) < 4.78 is 42.2. The van der Waals surface area contributed by atoms with Crippen LogP contribution >= 0.6 is 0 Å². The number of aromatic nitrogens is 4. The maximum absolute atomic E-state index is 13.9. The minimum Gasteiger partial charge on any atom is -0.497 e. The van der Waals surface area contributed by atoms with E-state index in [0.717, 1.165) is 42.9 Å². The van der Waals surface area contributed by atoms with Gasteiger partial charge in [0.25, 0.3) is 5.56 Å². The Hall–Kier alpha value is -3.90. The molecule has 1 aliphatic rings. The molecule has 2 aromatic heterocycles. The molecule has 12 heteroatoms. The Kier molecular flexibility index (Phi) is 10.7. The van der Waals surface area contributed by atoms with Crippen molar-refractivity contribution in [1.82, 2.24) is 23.9 Å². The van der Waals surface area contributed by atoms with Gasteiger partial charge in [0.15, 0.2) is 11.3 Å². The largest absolute Gasteiger partial charge is 0.497 e. The topological polar surface area (TPSA) is 122 Å². The van der Waals surface area contributed by atoms with Crippen LogP contribution in [0.2, 0.25) is 0 Å². The van der Waals surface area contributed by atoms with E-state index in [1.165, 1.54) is 17.1 Å². The molecule has 0 aliphatic carbocycles. The number of piperazine rings is 1. The van der Waals surface area contributed by atoms with Crippen LogP contribution in [0.25, 0.3) is 16.9 Å². The number of methoxy groups -OCH3 is 1. The van der Waals surface area contributed by atoms with E-state index in [2.05, 4.69) is 23.7 Å². The van der Waals surface area contributed by atoms with Crippen molar-refractivity contribution >= 4 is 21.2 Å². The minimum atomic E-state index is -3.84. The van der Waals surface area contributed by atoms with E-state index in [4.69, 9.17) is 19.6 Å². The fraction of sp³-hybridized carbons (Fsp3) is 0.500. The Morgan fingerprint density at radius 1 is 0.978 bits per heavy atom. The Morgan fingerprint density at radius 2 is 1.72 bits per heavy atom. The average molecular weight is 651 g/mol. The van der Waals surface area contributed by atoms with Gasteiger partial charge in [-0.2, -0.15) is 4.31 Å². The second-order valence-electron chi connectivity index (χ2n) is 11.8. The van der Waals surface area contributed by atoms with Crippen LogP contribution in [0.4, 0.5) is 5.69 Å². The first-order valence-corrected chi connectivity index (χ1v) is 17.8. The number of nitrogens with one attached hydrogen (secondary N) is 1. The molecule has 0 radical (unpaired) electrons. The summed E-state index contributed by atoms with van der Waals surface area (Å²) in [5, 5.41) is 4.87. The third kappa shape index (κ3) is 6.92. The first-order chi connectivity index (χ1) is 22.2. The zero-order valence-electron chi connectivity index (χ0n) is 27.6. The number of hydrogen-bond donors (Lipinski definition) is 1. The number of sulfonamides is 1. The van der Waals surface area contributed by atoms with Gasteiger partial charge in [-0.05, 0) is 69.2 Å². The van der Waals surface area contributed by atoms with Gasteiger partial charge < -0.3 is 19.4 Å². The van der Waals surface area contributed by atoms with E-state index in [1.807, 2.05) is 38.1 Å². The number of H-pyrrole nitrogens is 1. The maximum atomic E-state index is 13.9. The number of imidazole rings is 1. The third-order valence-electron chi connectivity index (χ3n) is 8.78. The summed E-state index contributed by atoms with van der Waals surface area (Å²) in [6.45, 7) is 10.2. The molecule has 1 atom stereocenters. The molecule has 3 heterocycles. The predicted octanol–water partition coefficient (Wildman–Crippen LogP) is 5.78. The molecule has 11 nitrogen and oxygen atoms in total. The Balaban J connectivity index is 1.46. The number of anilines is 1.